The van der Waals surface area contributed by atoms with Gasteiger partial charge in [0.2, 0.25) is 5.95 Å². The van der Waals surface area contributed by atoms with Crippen molar-refractivity contribution in [2.75, 3.05) is 5.73 Å². The molecule has 2 rings (SSSR count). The number of fused-ring (bicyclic) bond motifs is 1. The SMILES string of the molecule is CC(C)C(C)n1c(N)nc2cc(C(F)(F)F)ccc21. The van der Waals surface area contributed by atoms with Gasteiger partial charge in [-0.2, -0.15) is 13.2 Å². The molecule has 104 valence electrons. The lowest BCUT2D eigenvalue weighted by molar-refractivity contribution is -0.137. The first-order valence-corrected chi connectivity index (χ1v) is 6.06. The molecule has 1 aromatic carbocycles. The number of alkyl halides is 3. The summed E-state index contributed by atoms with van der Waals surface area (Å²) in [5.74, 6) is 0.553. The summed E-state index contributed by atoms with van der Waals surface area (Å²) in [6, 6.07) is 3.60. The number of imidazole rings is 1. The Balaban J connectivity index is 2.61. The van der Waals surface area contributed by atoms with E-state index in [4.69, 9.17) is 5.73 Å². The lowest BCUT2D eigenvalue weighted by atomic mass is 10.1. The molecule has 0 bridgehead atoms. The van der Waals surface area contributed by atoms with Crippen molar-refractivity contribution in [2.24, 2.45) is 5.92 Å². The third kappa shape index (κ3) is 2.39. The highest BCUT2D eigenvalue weighted by Gasteiger charge is 2.31. The Bertz CT molecular complexity index is 599. The summed E-state index contributed by atoms with van der Waals surface area (Å²) >= 11 is 0. The number of aromatic nitrogens is 2. The van der Waals surface area contributed by atoms with Gasteiger partial charge < -0.3 is 10.3 Å². The van der Waals surface area contributed by atoms with Gasteiger partial charge in [-0.1, -0.05) is 13.8 Å². The minimum Gasteiger partial charge on any atom is -0.369 e. The highest BCUT2D eigenvalue weighted by atomic mass is 19.4. The second-order valence-corrected chi connectivity index (χ2v) is 5.03. The number of hydrogen-bond donors (Lipinski definition) is 1. The molecule has 2 aromatic rings. The van der Waals surface area contributed by atoms with Gasteiger partial charge in [0.25, 0.3) is 0 Å². The van der Waals surface area contributed by atoms with Gasteiger partial charge in [-0.3, -0.25) is 0 Å². The maximum atomic E-state index is 12.6. The van der Waals surface area contributed by atoms with E-state index in [2.05, 4.69) is 4.98 Å². The van der Waals surface area contributed by atoms with Gasteiger partial charge in [0.15, 0.2) is 0 Å². The lowest BCUT2D eigenvalue weighted by Crippen LogP contribution is -2.14. The van der Waals surface area contributed by atoms with Crippen LogP contribution in [0.4, 0.5) is 19.1 Å². The Morgan fingerprint density at radius 1 is 1.21 bits per heavy atom. The molecule has 3 nitrogen and oxygen atoms in total. The van der Waals surface area contributed by atoms with Crippen LogP contribution in [0, 0.1) is 5.92 Å². The van der Waals surface area contributed by atoms with Gasteiger partial charge in [0.05, 0.1) is 16.6 Å². The Morgan fingerprint density at radius 2 is 1.84 bits per heavy atom. The van der Waals surface area contributed by atoms with Crippen LogP contribution in [-0.4, -0.2) is 9.55 Å². The summed E-state index contributed by atoms with van der Waals surface area (Å²) < 4.78 is 39.7. The molecule has 0 aliphatic rings. The first-order valence-electron chi connectivity index (χ1n) is 6.06. The maximum absolute atomic E-state index is 12.6. The highest BCUT2D eigenvalue weighted by Crippen LogP contribution is 2.33. The van der Waals surface area contributed by atoms with Crippen molar-refractivity contribution in [1.82, 2.24) is 9.55 Å². The summed E-state index contributed by atoms with van der Waals surface area (Å²) in [6.07, 6.45) is -4.36. The van der Waals surface area contributed by atoms with Crippen molar-refractivity contribution >= 4 is 17.0 Å². The predicted molar refractivity (Wildman–Crippen MR) is 68.7 cm³/mol. The predicted octanol–water partition coefficient (Wildman–Crippen LogP) is 3.85. The molecule has 0 fully saturated rings. The molecule has 0 aliphatic heterocycles. The molecule has 6 heteroatoms. The Morgan fingerprint density at radius 3 is 2.37 bits per heavy atom. The van der Waals surface area contributed by atoms with Crippen LogP contribution >= 0.6 is 0 Å². The summed E-state index contributed by atoms with van der Waals surface area (Å²) in [4.78, 5) is 4.03. The largest absolute Gasteiger partial charge is 0.416 e. The first-order chi connectivity index (χ1) is 8.71. The number of anilines is 1. The van der Waals surface area contributed by atoms with Gasteiger partial charge >= 0.3 is 6.18 Å². The van der Waals surface area contributed by atoms with Gasteiger partial charge in [-0.25, -0.2) is 4.98 Å². The van der Waals surface area contributed by atoms with Crippen LogP contribution in [0.3, 0.4) is 0 Å². The molecule has 0 saturated heterocycles. The van der Waals surface area contributed by atoms with Crippen molar-refractivity contribution in [1.29, 1.82) is 0 Å². The lowest BCUT2D eigenvalue weighted by Gasteiger charge is -2.19. The zero-order chi connectivity index (χ0) is 14.4. The van der Waals surface area contributed by atoms with E-state index in [1.54, 1.807) is 4.57 Å². The van der Waals surface area contributed by atoms with Crippen molar-refractivity contribution in [2.45, 2.75) is 33.0 Å². The molecule has 19 heavy (non-hydrogen) atoms. The van der Waals surface area contributed by atoms with Gasteiger partial charge in [-0.15, -0.1) is 0 Å². The fourth-order valence-electron chi connectivity index (χ4n) is 2.02. The van der Waals surface area contributed by atoms with Crippen LogP contribution in [0.25, 0.3) is 11.0 Å². The quantitative estimate of drug-likeness (QED) is 0.901. The van der Waals surface area contributed by atoms with Crippen LogP contribution in [0.15, 0.2) is 18.2 Å². The summed E-state index contributed by atoms with van der Waals surface area (Å²) in [6.45, 7) is 6.03. The van der Waals surface area contributed by atoms with E-state index in [0.29, 0.717) is 11.4 Å². The standard InChI is InChI=1S/C13H16F3N3/c1-7(2)8(3)19-11-5-4-9(13(14,15)16)6-10(11)18-12(19)17/h4-8H,1-3H3,(H2,17,18). The Kier molecular flexibility index (Phi) is 3.20. The number of hydrogen-bond acceptors (Lipinski definition) is 2. The Labute approximate surface area is 109 Å². The normalized spacial score (nSPS) is 14.3. The van der Waals surface area contributed by atoms with E-state index in [9.17, 15) is 13.2 Å². The molecule has 0 radical (unpaired) electrons. The van der Waals surface area contributed by atoms with Crippen LogP contribution in [-0.2, 0) is 6.18 Å². The van der Waals surface area contributed by atoms with Crippen molar-refractivity contribution in [3.05, 3.63) is 23.8 Å². The van der Waals surface area contributed by atoms with E-state index in [-0.39, 0.29) is 17.5 Å². The summed E-state index contributed by atoms with van der Waals surface area (Å²) in [5, 5.41) is 0. The molecule has 0 aliphatic carbocycles. The van der Waals surface area contributed by atoms with Gasteiger partial charge in [0, 0.05) is 6.04 Å². The average Bonchev–Trinajstić information content (AvgIpc) is 2.61. The van der Waals surface area contributed by atoms with E-state index < -0.39 is 11.7 Å². The van der Waals surface area contributed by atoms with Crippen molar-refractivity contribution < 1.29 is 13.2 Å². The molecular weight excluding hydrogens is 255 g/mol. The molecule has 0 spiro atoms. The van der Waals surface area contributed by atoms with Gasteiger partial charge in [-0.05, 0) is 31.0 Å². The summed E-state index contributed by atoms with van der Waals surface area (Å²) in [7, 11) is 0. The molecule has 2 N–H and O–H groups in total. The molecule has 1 aromatic heterocycles. The smallest absolute Gasteiger partial charge is 0.369 e. The van der Waals surface area contributed by atoms with Crippen molar-refractivity contribution in [3.8, 4) is 0 Å². The number of halogens is 3. The van der Waals surface area contributed by atoms with Crippen LogP contribution in [0.5, 0.6) is 0 Å². The van der Waals surface area contributed by atoms with Crippen molar-refractivity contribution in [3.63, 3.8) is 0 Å². The van der Waals surface area contributed by atoms with E-state index in [1.165, 1.54) is 6.07 Å². The van der Waals surface area contributed by atoms with Crippen LogP contribution < -0.4 is 5.73 Å². The summed E-state index contributed by atoms with van der Waals surface area (Å²) in [5.41, 5.74) is 6.02. The van der Waals surface area contributed by atoms with E-state index >= 15 is 0 Å². The molecule has 0 saturated carbocycles. The Hall–Kier alpha value is -1.72. The van der Waals surface area contributed by atoms with Crippen LogP contribution in [0.1, 0.15) is 32.4 Å². The third-order valence-electron chi connectivity index (χ3n) is 3.42. The third-order valence-corrected chi connectivity index (χ3v) is 3.42. The molecule has 1 unspecified atom stereocenters. The number of nitrogens with two attached hydrogens (primary N) is 1. The minimum atomic E-state index is -4.36. The second kappa shape index (κ2) is 4.43. The zero-order valence-corrected chi connectivity index (χ0v) is 11.0. The number of nitrogens with zero attached hydrogens (tertiary/aromatic N) is 2. The monoisotopic (exact) mass is 271 g/mol. The van der Waals surface area contributed by atoms with Gasteiger partial charge in [0.1, 0.15) is 0 Å². The first kappa shape index (κ1) is 13.7. The second-order valence-electron chi connectivity index (χ2n) is 5.03. The molecular formula is C13H16F3N3. The fraction of sp³-hybridized carbons (Fsp3) is 0.462. The molecule has 1 atom stereocenters. The molecule has 1 heterocycles. The minimum absolute atomic E-state index is 0.0711. The zero-order valence-electron chi connectivity index (χ0n) is 11.0. The maximum Gasteiger partial charge on any atom is 0.416 e. The van der Waals surface area contributed by atoms with Crippen LogP contribution in [0.2, 0.25) is 0 Å². The fourth-order valence-corrected chi connectivity index (χ4v) is 2.02. The van der Waals surface area contributed by atoms with E-state index in [1.807, 2.05) is 20.8 Å². The highest BCUT2D eigenvalue weighted by molar-refractivity contribution is 5.79. The topological polar surface area (TPSA) is 43.8 Å². The number of benzene rings is 1. The van der Waals surface area contributed by atoms with E-state index in [0.717, 1.165) is 12.1 Å². The average molecular weight is 271 g/mol. The molecule has 0 amide bonds. The number of rotatable bonds is 2. The number of nitrogen functional groups attached to an aromatic ring is 1.